The van der Waals surface area contributed by atoms with Gasteiger partial charge in [-0.05, 0) is 37.4 Å². The molecule has 1 saturated heterocycles. The molecule has 0 saturated carbocycles. The lowest BCUT2D eigenvalue weighted by molar-refractivity contribution is -0.129. The van der Waals surface area contributed by atoms with Crippen LogP contribution in [0.5, 0.6) is 5.75 Å². The summed E-state index contributed by atoms with van der Waals surface area (Å²) in [5.74, 6) is 1.34. The van der Waals surface area contributed by atoms with Crippen LogP contribution in [-0.2, 0) is 11.3 Å². The minimum atomic E-state index is 0. The van der Waals surface area contributed by atoms with E-state index in [1.165, 1.54) is 0 Å². The lowest BCUT2D eigenvalue weighted by Gasteiger charge is -2.30. The Morgan fingerprint density at radius 1 is 1.12 bits per heavy atom. The van der Waals surface area contributed by atoms with E-state index in [1.54, 1.807) is 7.11 Å². The molecule has 140 valence electrons. The van der Waals surface area contributed by atoms with Gasteiger partial charge in [0.15, 0.2) is 0 Å². The molecule has 5 heteroatoms. The van der Waals surface area contributed by atoms with E-state index in [0.717, 1.165) is 23.4 Å². The maximum absolute atomic E-state index is 12.8. The topological polar surface area (TPSA) is 32.8 Å². The van der Waals surface area contributed by atoms with Crippen molar-refractivity contribution < 1.29 is 9.53 Å². The first-order valence-electron chi connectivity index (χ1n) is 8.70. The molecule has 0 N–H and O–H groups in total. The summed E-state index contributed by atoms with van der Waals surface area (Å²) >= 11 is 0. The zero-order chi connectivity index (χ0) is 17.8. The highest BCUT2D eigenvalue weighted by molar-refractivity contribution is 5.85. The van der Waals surface area contributed by atoms with Gasteiger partial charge in [-0.3, -0.25) is 4.79 Å². The van der Waals surface area contributed by atoms with E-state index in [9.17, 15) is 4.79 Å². The average Bonchev–Trinajstić information content (AvgIpc) is 2.90. The van der Waals surface area contributed by atoms with Gasteiger partial charge in [-0.15, -0.1) is 12.4 Å². The van der Waals surface area contributed by atoms with Gasteiger partial charge in [0.2, 0.25) is 5.91 Å². The number of likely N-dealkylation sites (tertiary alicyclic amines) is 1. The molecule has 1 heterocycles. The van der Waals surface area contributed by atoms with Crippen LogP contribution in [0.3, 0.4) is 0 Å². The van der Waals surface area contributed by atoms with Crippen molar-refractivity contribution in [3.8, 4) is 5.75 Å². The summed E-state index contributed by atoms with van der Waals surface area (Å²) in [6.07, 6.45) is 0.590. The fourth-order valence-corrected chi connectivity index (χ4v) is 3.74. The Labute approximate surface area is 162 Å². The summed E-state index contributed by atoms with van der Waals surface area (Å²) in [5.41, 5.74) is 2.31. The molecule has 0 bridgehead atoms. The highest BCUT2D eigenvalue weighted by atomic mass is 35.5. The van der Waals surface area contributed by atoms with Crippen molar-refractivity contribution in [2.45, 2.75) is 19.0 Å². The Hall–Kier alpha value is -2.04. The Bertz CT molecular complexity index is 721. The third kappa shape index (κ3) is 4.57. The van der Waals surface area contributed by atoms with Crippen molar-refractivity contribution in [2.24, 2.45) is 5.92 Å². The molecule has 0 radical (unpaired) electrons. The van der Waals surface area contributed by atoms with Gasteiger partial charge in [0.05, 0.1) is 13.2 Å². The van der Waals surface area contributed by atoms with Crippen LogP contribution in [-0.4, -0.2) is 43.5 Å². The number of methoxy groups -OCH3 is 1. The molecule has 1 aliphatic rings. The van der Waals surface area contributed by atoms with Crippen molar-refractivity contribution >= 4 is 18.3 Å². The van der Waals surface area contributed by atoms with E-state index in [-0.39, 0.29) is 30.3 Å². The molecule has 1 amide bonds. The molecule has 1 fully saturated rings. The summed E-state index contributed by atoms with van der Waals surface area (Å²) in [6.45, 7) is 1.53. The van der Waals surface area contributed by atoms with Crippen LogP contribution in [0.2, 0.25) is 0 Å². The standard InChI is InChI=1S/C21H26N2O2.ClH/c1-22(2)15-18-13-20(24)23(14-16-8-5-4-6-9-16)21(18)17-10-7-11-19(12-17)25-3;/h4-12,18,21H,13-15H2,1-3H3;1H. The van der Waals surface area contributed by atoms with Crippen LogP contribution in [0.1, 0.15) is 23.6 Å². The summed E-state index contributed by atoms with van der Waals surface area (Å²) in [7, 11) is 5.80. The summed E-state index contributed by atoms with van der Waals surface area (Å²) < 4.78 is 5.40. The Morgan fingerprint density at radius 3 is 2.50 bits per heavy atom. The maximum atomic E-state index is 12.8. The average molecular weight is 375 g/mol. The Kier molecular flexibility index (Phi) is 7.06. The second-order valence-electron chi connectivity index (χ2n) is 6.96. The minimum Gasteiger partial charge on any atom is -0.497 e. The molecule has 2 unspecified atom stereocenters. The Morgan fingerprint density at radius 2 is 1.85 bits per heavy atom. The van der Waals surface area contributed by atoms with Crippen LogP contribution in [0.4, 0.5) is 0 Å². The summed E-state index contributed by atoms with van der Waals surface area (Å²) in [4.78, 5) is 17.0. The van der Waals surface area contributed by atoms with E-state index in [4.69, 9.17) is 4.74 Å². The number of ether oxygens (including phenoxy) is 1. The Balaban J connectivity index is 0.00000243. The van der Waals surface area contributed by atoms with Gasteiger partial charge in [0.25, 0.3) is 0 Å². The summed E-state index contributed by atoms with van der Waals surface area (Å²) in [5, 5.41) is 0. The molecule has 1 aliphatic heterocycles. The lowest BCUT2D eigenvalue weighted by Crippen LogP contribution is -2.31. The molecule has 0 aliphatic carbocycles. The van der Waals surface area contributed by atoms with E-state index in [2.05, 4.69) is 43.3 Å². The predicted molar refractivity (Wildman–Crippen MR) is 107 cm³/mol. The largest absolute Gasteiger partial charge is 0.497 e. The normalized spacial score (nSPS) is 19.5. The highest BCUT2D eigenvalue weighted by Crippen LogP contribution is 2.40. The van der Waals surface area contributed by atoms with Crippen molar-refractivity contribution in [2.75, 3.05) is 27.7 Å². The number of halogens is 1. The highest BCUT2D eigenvalue weighted by Gasteiger charge is 2.40. The van der Waals surface area contributed by atoms with Crippen LogP contribution < -0.4 is 4.74 Å². The van der Waals surface area contributed by atoms with Crippen molar-refractivity contribution in [3.63, 3.8) is 0 Å². The van der Waals surface area contributed by atoms with Crippen molar-refractivity contribution in [1.82, 2.24) is 9.80 Å². The van der Waals surface area contributed by atoms with Crippen LogP contribution in [0.25, 0.3) is 0 Å². The van der Waals surface area contributed by atoms with Crippen molar-refractivity contribution in [1.29, 1.82) is 0 Å². The summed E-state index contributed by atoms with van der Waals surface area (Å²) in [6, 6.07) is 18.4. The SMILES string of the molecule is COc1cccc(C2C(CN(C)C)CC(=O)N2Cc2ccccc2)c1.Cl. The van der Waals surface area contributed by atoms with Crippen molar-refractivity contribution in [3.05, 3.63) is 65.7 Å². The molecule has 2 aromatic carbocycles. The molecular formula is C21H27ClN2O2. The first-order chi connectivity index (χ1) is 12.1. The zero-order valence-corrected chi connectivity index (χ0v) is 16.4. The fraction of sp³-hybridized carbons (Fsp3) is 0.381. The van der Waals surface area contributed by atoms with E-state index < -0.39 is 0 Å². The third-order valence-electron chi connectivity index (χ3n) is 4.77. The lowest BCUT2D eigenvalue weighted by atomic mass is 9.93. The van der Waals surface area contributed by atoms with Crippen LogP contribution >= 0.6 is 12.4 Å². The predicted octanol–water partition coefficient (Wildman–Crippen LogP) is 3.77. The van der Waals surface area contributed by atoms with Gasteiger partial charge < -0.3 is 14.5 Å². The quantitative estimate of drug-likeness (QED) is 0.771. The second-order valence-corrected chi connectivity index (χ2v) is 6.96. The second kappa shape index (κ2) is 9.06. The van der Waals surface area contributed by atoms with E-state index in [1.807, 2.05) is 35.2 Å². The number of carbonyl (C=O) groups is 1. The van der Waals surface area contributed by atoms with Gasteiger partial charge in [-0.25, -0.2) is 0 Å². The smallest absolute Gasteiger partial charge is 0.223 e. The van der Waals surface area contributed by atoms with E-state index >= 15 is 0 Å². The van der Waals surface area contributed by atoms with Crippen LogP contribution in [0.15, 0.2) is 54.6 Å². The molecule has 3 rings (SSSR count). The number of benzene rings is 2. The molecule has 26 heavy (non-hydrogen) atoms. The molecular weight excluding hydrogens is 348 g/mol. The first-order valence-corrected chi connectivity index (χ1v) is 8.70. The monoisotopic (exact) mass is 374 g/mol. The van der Waals surface area contributed by atoms with Gasteiger partial charge in [-0.1, -0.05) is 42.5 Å². The number of rotatable bonds is 6. The van der Waals surface area contributed by atoms with Gasteiger partial charge in [0.1, 0.15) is 5.75 Å². The van der Waals surface area contributed by atoms with E-state index in [0.29, 0.717) is 13.0 Å². The minimum absolute atomic E-state index is 0. The van der Waals surface area contributed by atoms with Gasteiger partial charge in [0, 0.05) is 25.4 Å². The number of hydrogen-bond donors (Lipinski definition) is 0. The number of nitrogens with zero attached hydrogens (tertiary/aromatic N) is 2. The zero-order valence-electron chi connectivity index (χ0n) is 15.6. The maximum Gasteiger partial charge on any atom is 0.223 e. The molecule has 4 nitrogen and oxygen atoms in total. The molecule has 0 spiro atoms. The van der Waals surface area contributed by atoms with Gasteiger partial charge in [-0.2, -0.15) is 0 Å². The molecule has 2 atom stereocenters. The molecule has 2 aromatic rings. The van der Waals surface area contributed by atoms with Gasteiger partial charge >= 0.3 is 0 Å². The first kappa shape index (κ1) is 20.3. The number of hydrogen-bond acceptors (Lipinski definition) is 3. The fourth-order valence-electron chi connectivity index (χ4n) is 3.74. The number of amides is 1. The van der Waals surface area contributed by atoms with Crippen LogP contribution in [0, 0.1) is 5.92 Å². The molecule has 0 aromatic heterocycles. The number of carbonyl (C=O) groups excluding carboxylic acids is 1. The third-order valence-corrected chi connectivity index (χ3v) is 4.77.